The third kappa shape index (κ3) is 3.35. The highest BCUT2D eigenvalue weighted by molar-refractivity contribution is 7.98. The summed E-state index contributed by atoms with van der Waals surface area (Å²) in [5.74, 6) is 1.63. The van der Waals surface area contributed by atoms with Crippen LogP contribution >= 0.6 is 11.8 Å². The first-order valence-corrected chi connectivity index (χ1v) is 8.78. The molecule has 0 bridgehead atoms. The first kappa shape index (κ1) is 14.3. The maximum atomic E-state index is 11.4. The van der Waals surface area contributed by atoms with E-state index in [1.807, 2.05) is 0 Å². The van der Waals surface area contributed by atoms with E-state index in [1.165, 1.54) is 0 Å². The molecule has 0 radical (unpaired) electrons. The summed E-state index contributed by atoms with van der Waals surface area (Å²) in [4.78, 5) is 2.25. The molecular formula is C10H22N2O2S2. The Morgan fingerprint density at radius 2 is 1.94 bits per heavy atom. The lowest BCUT2D eigenvalue weighted by Gasteiger charge is -2.43. The fourth-order valence-corrected chi connectivity index (χ4v) is 4.17. The Morgan fingerprint density at radius 1 is 1.38 bits per heavy atom. The normalized spacial score (nSPS) is 23.5. The van der Waals surface area contributed by atoms with E-state index in [0.717, 1.165) is 12.3 Å². The number of sulfone groups is 1. The average molecular weight is 266 g/mol. The summed E-state index contributed by atoms with van der Waals surface area (Å²) in [7, 11) is -0.749. The van der Waals surface area contributed by atoms with Crippen LogP contribution in [0.4, 0.5) is 0 Å². The number of thioether (sulfide) groups is 1. The maximum Gasteiger partial charge on any atom is 0.150 e. The van der Waals surface area contributed by atoms with Crippen molar-refractivity contribution >= 4 is 21.6 Å². The Hall–Kier alpha value is 0.220. The highest BCUT2D eigenvalue weighted by Crippen LogP contribution is 2.28. The fourth-order valence-electron chi connectivity index (χ4n) is 2.13. The number of hydrogen-bond donors (Lipinski definition) is 1. The number of rotatable bonds is 5. The molecule has 2 N–H and O–H groups in total. The highest BCUT2D eigenvalue weighted by Gasteiger charge is 2.38. The van der Waals surface area contributed by atoms with Gasteiger partial charge in [0.2, 0.25) is 0 Å². The minimum Gasteiger partial charge on any atom is -0.329 e. The van der Waals surface area contributed by atoms with E-state index in [2.05, 4.69) is 18.2 Å². The smallest absolute Gasteiger partial charge is 0.150 e. The largest absolute Gasteiger partial charge is 0.329 e. The van der Waals surface area contributed by atoms with Gasteiger partial charge < -0.3 is 5.73 Å². The number of nitrogens with zero attached hydrogens (tertiary/aromatic N) is 1. The molecule has 0 spiro atoms. The Kier molecular flexibility index (Phi) is 5.10. The molecule has 0 aromatic carbocycles. The first-order valence-electron chi connectivity index (χ1n) is 5.56. The van der Waals surface area contributed by atoms with Gasteiger partial charge in [-0.2, -0.15) is 11.8 Å². The molecule has 1 heterocycles. The lowest BCUT2D eigenvalue weighted by molar-refractivity contribution is 0.121. The van der Waals surface area contributed by atoms with Gasteiger partial charge in [0.05, 0.1) is 11.5 Å². The van der Waals surface area contributed by atoms with Gasteiger partial charge >= 0.3 is 0 Å². The molecule has 1 rings (SSSR count). The Balaban J connectivity index is 2.65. The summed E-state index contributed by atoms with van der Waals surface area (Å²) in [6, 6.07) is 0. The maximum absolute atomic E-state index is 11.4. The second kappa shape index (κ2) is 5.71. The third-order valence-corrected chi connectivity index (χ3v) is 5.82. The molecule has 0 aromatic heterocycles. The van der Waals surface area contributed by atoms with Gasteiger partial charge in [-0.3, -0.25) is 4.90 Å². The van der Waals surface area contributed by atoms with Gasteiger partial charge in [-0.05, 0) is 26.1 Å². The summed E-state index contributed by atoms with van der Waals surface area (Å²) in [5.41, 5.74) is 5.76. The molecule has 0 aliphatic carbocycles. The summed E-state index contributed by atoms with van der Waals surface area (Å²) in [6.45, 7) is 1.52. The average Bonchev–Trinajstić information content (AvgIpc) is 2.27. The lowest BCUT2D eigenvalue weighted by atomic mass is 9.90. The topological polar surface area (TPSA) is 63.4 Å². The fraction of sp³-hybridized carbons (Fsp3) is 1.00. The Morgan fingerprint density at radius 3 is 2.38 bits per heavy atom. The van der Waals surface area contributed by atoms with Crippen molar-refractivity contribution in [2.24, 2.45) is 5.73 Å². The second-order valence-corrected chi connectivity index (χ2v) is 7.78. The van der Waals surface area contributed by atoms with Crippen molar-refractivity contribution in [3.8, 4) is 0 Å². The van der Waals surface area contributed by atoms with Crippen LogP contribution in [0.3, 0.4) is 0 Å². The third-order valence-electron chi connectivity index (χ3n) is 3.58. The van der Waals surface area contributed by atoms with Crippen molar-refractivity contribution in [2.45, 2.75) is 18.4 Å². The number of likely N-dealkylation sites (N-methyl/N-ethyl adjacent to an activating group) is 1. The zero-order valence-corrected chi connectivity index (χ0v) is 11.7. The molecule has 1 fully saturated rings. The van der Waals surface area contributed by atoms with Crippen LogP contribution in [0.5, 0.6) is 0 Å². The van der Waals surface area contributed by atoms with Gasteiger partial charge in [-0.15, -0.1) is 0 Å². The van der Waals surface area contributed by atoms with E-state index in [1.54, 1.807) is 11.8 Å². The van der Waals surface area contributed by atoms with Crippen LogP contribution < -0.4 is 5.73 Å². The zero-order valence-electron chi connectivity index (χ0n) is 10.1. The van der Waals surface area contributed by atoms with Crippen molar-refractivity contribution in [3.63, 3.8) is 0 Å². The van der Waals surface area contributed by atoms with Crippen molar-refractivity contribution < 1.29 is 8.42 Å². The van der Waals surface area contributed by atoms with Crippen LogP contribution in [0, 0.1) is 0 Å². The second-order valence-electron chi connectivity index (χ2n) is 4.49. The molecule has 1 saturated heterocycles. The summed E-state index contributed by atoms with van der Waals surface area (Å²) >= 11 is 1.80. The van der Waals surface area contributed by atoms with Gasteiger partial charge in [0, 0.05) is 24.4 Å². The minimum absolute atomic E-state index is 0.0962. The predicted molar refractivity (Wildman–Crippen MR) is 70.7 cm³/mol. The van der Waals surface area contributed by atoms with Crippen molar-refractivity contribution in [1.82, 2.24) is 4.90 Å². The molecule has 4 nitrogen and oxygen atoms in total. The van der Waals surface area contributed by atoms with E-state index in [4.69, 9.17) is 5.73 Å². The minimum atomic E-state index is -2.81. The summed E-state index contributed by atoms with van der Waals surface area (Å²) < 4.78 is 22.9. The van der Waals surface area contributed by atoms with E-state index >= 15 is 0 Å². The monoisotopic (exact) mass is 266 g/mol. The summed E-state index contributed by atoms with van der Waals surface area (Å²) in [5, 5.41) is 0. The molecular weight excluding hydrogens is 244 g/mol. The molecule has 1 aliphatic heterocycles. The van der Waals surface area contributed by atoms with E-state index in [-0.39, 0.29) is 17.0 Å². The van der Waals surface area contributed by atoms with Gasteiger partial charge in [0.1, 0.15) is 9.84 Å². The van der Waals surface area contributed by atoms with Crippen LogP contribution in [0.1, 0.15) is 12.8 Å². The molecule has 16 heavy (non-hydrogen) atoms. The van der Waals surface area contributed by atoms with Gasteiger partial charge in [0.15, 0.2) is 0 Å². The molecule has 0 atom stereocenters. The van der Waals surface area contributed by atoms with Crippen molar-refractivity contribution in [1.29, 1.82) is 0 Å². The lowest BCUT2D eigenvalue weighted by Crippen LogP contribution is -2.56. The van der Waals surface area contributed by atoms with Crippen LogP contribution in [0.15, 0.2) is 0 Å². The number of nitrogens with two attached hydrogens (primary N) is 1. The van der Waals surface area contributed by atoms with Gasteiger partial charge in [-0.25, -0.2) is 8.42 Å². The highest BCUT2D eigenvalue weighted by atomic mass is 32.2. The Bertz CT molecular complexity index is 303. The van der Waals surface area contributed by atoms with Crippen LogP contribution in [0.25, 0.3) is 0 Å². The van der Waals surface area contributed by atoms with E-state index in [0.29, 0.717) is 19.4 Å². The Labute approximate surface area is 103 Å². The molecule has 0 unspecified atom stereocenters. The SMILES string of the molecule is CSCCN(C)C1(CN)CCS(=O)(=O)CC1. The number of hydrogen-bond acceptors (Lipinski definition) is 5. The standard InChI is InChI=1S/C10H22N2O2S2/c1-12(5-6-15-2)10(9-11)3-7-16(13,14)8-4-10/h3-9,11H2,1-2H3. The quantitative estimate of drug-likeness (QED) is 0.769. The van der Waals surface area contributed by atoms with E-state index < -0.39 is 9.84 Å². The van der Waals surface area contributed by atoms with E-state index in [9.17, 15) is 8.42 Å². The van der Waals surface area contributed by atoms with Gasteiger partial charge in [0.25, 0.3) is 0 Å². The predicted octanol–water partition coefficient (Wildman–Crippen LogP) is 0.187. The van der Waals surface area contributed by atoms with Crippen molar-refractivity contribution in [3.05, 3.63) is 0 Å². The molecule has 0 aromatic rings. The van der Waals surface area contributed by atoms with Crippen LogP contribution in [0.2, 0.25) is 0 Å². The van der Waals surface area contributed by atoms with Gasteiger partial charge in [-0.1, -0.05) is 0 Å². The summed E-state index contributed by atoms with van der Waals surface area (Å²) in [6.07, 6.45) is 3.43. The molecule has 1 aliphatic rings. The van der Waals surface area contributed by atoms with Crippen LogP contribution in [-0.4, -0.2) is 62.5 Å². The molecule has 0 saturated carbocycles. The molecule has 96 valence electrons. The van der Waals surface area contributed by atoms with Crippen molar-refractivity contribution in [2.75, 3.05) is 43.7 Å². The first-order chi connectivity index (χ1) is 7.46. The molecule has 0 amide bonds. The zero-order chi connectivity index (χ0) is 12.2. The molecule has 6 heteroatoms. The van der Waals surface area contributed by atoms with Crippen LogP contribution in [-0.2, 0) is 9.84 Å².